The van der Waals surface area contributed by atoms with Crippen LogP contribution >= 0.6 is 0 Å². The van der Waals surface area contributed by atoms with E-state index in [1.165, 1.54) is 12.1 Å². The van der Waals surface area contributed by atoms with Gasteiger partial charge in [0.25, 0.3) is 11.8 Å². The topological polar surface area (TPSA) is 103 Å². The summed E-state index contributed by atoms with van der Waals surface area (Å²) in [4.78, 5) is 39.5. The van der Waals surface area contributed by atoms with Crippen LogP contribution in [0.4, 0.5) is 10.5 Å². The lowest BCUT2D eigenvalue weighted by Crippen LogP contribution is -2.54. The van der Waals surface area contributed by atoms with Gasteiger partial charge in [-0.05, 0) is 65.2 Å². The van der Waals surface area contributed by atoms with Crippen molar-refractivity contribution in [3.63, 3.8) is 0 Å². The summed E-state index contributed by atoms with van der Waals surface area (Å²) in [5.74, 6) is 0.343. The zero-order valence-corrected chi connectivity index (χ0v) is 21.5. The van der Waals surface area contributed by atoms with Crippen molar-refractivity contribution in [2.75, 3.05) is 18.3 Å². The second-order valence-corrected chi connectivity index (χ2v) is 9.10. The third-order valence-electron chi connectivity index (χ3n) is 6.50. The summed E-state index contributed by atoms with van der Waals surface area (Å²) in [5, 5.41) is 4.51. The van der Waals surface area contributed by atoms with Crippen molar-refractivity contribution in [2.24, 2.45) is 0 Å². The van der Waals surface area contributed by atoms with E-state index in [9.17, 15) is 14.4 Å². The van der Waals surface area contributed by atoms with Crippen LogP contribution < -0.4 is 29.2 Å². The number of amides is 4. The molecule has 2 aliphatic heterocycles. The lowest BCUT2D eigenvalue weighted by molar-refractivity contribution is -0.122. The van der Waals surface area contributed by atoms with Gasteiger partial charge in [0.2, 0.25) is 6.79 Å². The molecule has 4 aromatic rings. The molecule has 0 bridgehead atoms. The quantitative estimate of drug-likeness (QED) is 0.255. The average Bonchev–Trinajstić information content (AvgIpc) is 3.43. The third-order valence-corrected chi connectivity index (χ3v) is 6.50. The van der Waals surface area contributed by atoms with Gasteiger partial charge in [-0.2, -0.15) is 0 Å². The van der Waals surface area contributed by atoms with Gasteiger partial charge >= 0.3 is 6.03 Å². The largest absolute Gasteiger partial charge is 0.490 e. The Labute approximate surface area is 229 Å². The fraction of sp³-hybridized carbons (Fsp3) is 0.129. The maximum absolute atomic E-state index is 13.3. The Hall–Kier alpha value is -5.31. The van der Waals surface area contributed by atoms with Gasteiger partial charge in [-0.1, -0.05) is 42.5 Å². The van der Waals surface area contributed by atoms with Crippen molar-refractivity contribution in [2.45, 2.75) is 13.5 Å². The predicted molar refractivity (Wildman–Crippen MR) is 147 cm³/mol. The smallest absolute Gasteiger partial charge is 0.335 e. The molecule has 1 N–H and O–H groups in total. The van der Waals surface area contributed by atoms with Crippen LogP contribution in [0.25, 0.3) is 16.8 Å². The Morgan fingerprint density at radius 1 is 0.850 bits per heavy atom. The zero-order chi connectivity index (χ0) is 27.6. The molecule has 4 amide bonds. The molecule has 0 radical (unpaired) electrons. The number of nitrogens with zero attached hydrogens (tertiary/aromatic N) is 1. The molecule has 0 atom stereocenters. The molecule has 0 spiro atoms. The molecule has 2 heterocycles. The number of hydrogen-bond acceptors (Lipinski definition) is 7. The Bertz CT molecular complexity index is 1690. The van der Waals surface area contributed by atoms with Crippen LogP contribution in [0.1, 0.15) is 18.1 Å². The van der Waals surface area contributed by atoms with Gasteiger partial charge in [0.1, 0.15) is 12.2 Å². The van der Waals surface area contributed by atoms with E-state index in [0.29, 0.717) is 41.8 Å². The van der Waals surface area contributed by atoms with Crippen LogP contribution in [0.2, 0.25) is 0 Å². The van der Waals surface area contributed by atoms with Gasteiger partial charge in [-0.15, -0.1) is 0 Å². The highest BCUT2D eigenvalue weighted by atomic mass is 16.7. The number of imide groups is 2. The first-order valence-electron chi connectivity index (χ1n) is 12.7. The van der Waals surface area contributed by atoms with Crippen LogP contribution in [-0.2, 0) is 16.2 Å². The molecule has 1 saturated heterocycles. The summed E-state index contributed by atoms with van der Waals surface area (Å²) in [6.45, 7) is 2.62. The second-order valence-electron chi connectivity index (χ2n) is 9.10. The number of barbiturate groups is 1. The molecule has 9 heteroatoms. The minimum atomic E-state index is -0.849. The first kappa shape index (κ1) is 25.0. The SMILES string of the molecule is CCOc1cc(/C=C2\C(=O)NC(=O)N(c3ccc4c(c3)OCO4)C2=O)ccc1OCc1ccc2ccccc2c1. The summed E-state index contributed by atoms with van der Waals surface area (Å²) in [6, 6.07) is 23.2. The van der Waals surface area contributed by atoms with Crippen molar-refractivity contribution >= 4 is 40.4 Å². The molecular formula is C31H24N2O7. The molecule has 2 aliphatic rings. The minimum Gasteiger partial charge on any atom is -0.490 e. The molecule has 40 heavy (non-hydrogen) atoms. The van der Waals surface area contributed by atoms with Gasteiger partial charge in [0, 0.05) is 6.07 Å². The molecule has 6 rings (SSSR count). The van der Waals surface area contributed by atoms with E-state index in [4.69, 9.17) is 18.9 Å². The number of carbonyl (C=O) groups is 3. The predicted octanol–water partition coefficient (Wildman–Crippen LogP) is 5.21. The minimum absolute atomic E-state index is 0.0483. The Kier molecular flexibility index (Phi) is 6.53. The first-order chi connectivity index (χ1) is 19.5. The Balaban J connectivity index is 1.25. The fourth-order valence-corrected chi connectivity index (χ4v) is 4.57. The van der Waals surface area contributed by atoms with E-state index in [1.807, 2.05) is 25.1 Å². The Morgan fingerprint density at radius 3 is 2.52 bits per heavy atom. The number of rotatable bonds is 7. The zero-order valence-electron chi connectivity index (χ0n) is 21.5. The van der Waals surface area contributed by atoms with E-state index in [-0.39, 0.29) is 18.1 Å². The van der Waals surface area contributed by atoms with Gasteiger partial charge in [0.15, 0.2) is 23.0 Å². The van der Waals surface area contributed by atoms with E-state index in [1.54, 1.807) is 30.3 Å². The highest BCUT2D eigenvalue weighted by molar-refractivity contribution is 6.39. The molecule has 1 fully saturated rings. The first-order valence-corrected chi connectivity index (χ1v) is 12.7. The van der Waals surface area contributed by atoms with Gasteiger partial charge in [0.05, 0.1) is 12.3 Å². The summed E-state index contributed by atoms with van der Waals surface area (Å²) in [5.41, 5.74) is 1.58. The van der Waals surface area contributed by atoms with E-state index >= 15 is 0 Å². The van der Waals surface area contributed by atoms with Crippen LogP contribution in [-0.4, -0.2) is 31.2 Å². The highest BCUT2D eigenvalue weighted by Crippen LogP contribution is 2.37. The number of hydrogen-bond donors (Lipinski definition) is 1. The van der Waals surface area contributed by atoms with Crippen LogP contribution in [0.3, 0.4) is 0 Å². The number of carbonyl (C=O) groups excluding carboxylic acids is 3. The van der Waals surface area contributed by atoms with Crippen molar-refractivity contribution in [1.29, 1.82) is 0 Å². The van der Waals surface area contributed by atoms with Gasteiger partial charge < -0.3 is 18.9 Å². The Morgan fingerprint density at radius 2 is 1.68 bits per heavy atom. The van der Waals surface area contributed by atoms with Crippen molar-refractivity contribution in [3.05, 3.63) is 95.6 Å². The van der Waals surface area contributed by atoms with E-state index in [2.05, 4.69) is 29.6 Å². The third kappa shape index (κ3) is 4.80. The maximum Gasteiger partial charge on any atom is 0.335 e. The molecule has 0 unspecified atom stereocenters. The number of fused-ring (bicyclic) bond motifs is 2. The summed E-state index contributed by atoms with van der Waals surface area (Å²) in [6.07, 6.45) is 1.42. The molecule has 0 aromatic heterocycles. The lowest BCUT2D eigenvalue weighted by Gasteiger charge is -2.26. The van der Waals surface area contributed by atoms with Crippen LogP contribution in [0, 0.1) is 0 Å². The molecule has 200 valence electrons. The fourth-order valence-electron chi connectivity index (χ4n) is 4.57. The molecule has 9 nitrogen and oxygen atoms in total. The maximum atomic E-state index is 13.3. The van der Waals surface area contributed by atoms with Gasteiger partial charge in [-0.25, -0.2) is 9.69 Å². The number of nitrogens with one attached hydrogen (secondary N) is 1. The molecule has 4 aromatic carbocycles. The van der Waals surface area contributed by atoms with Crippen molar-refractivity contribution in [3.8, 4) is 23.0 Å². The lowest BCUT2D eigenvalue weighted by atomic mass is 10.1. The van der Waals surface area contributed by atoms with E-state index < -0.39 is 17.8 Å². The normalized spacial score (nSPS) is 15.5. The average molecular weight is 537 g/mol. The molecular weight excluding hydrogens is 512 g/mol. The summed E-state index contributed by atoms with van der Waals surface area (Å²) < 4.78 is 22.5. The van der Waals surface area contributed by atoms with E-state index in [0.717, 1.165) is 21.2 Å². The van der Waals surface area contributed by atoms with Gasteiger partial charge in [-0.3, -0.25) is 14.9 Å². The molecule has 0 aliphatic carbocycles. The van der Waals surface area contributed by atoms with Crippen molar-refractivity contribution in [1.82, 2.24) is 5.32 Å². The number of anilines is 1. The summed E-state index contributed by atoms with van der Waals surface area (Å²) >= 11 is 0. The number of urea groups is 1. The van der Waals surface area contributed by atoms with Crippen molar-refractivity contribution < 1.29 is 33.3 Å². The van der Waals surface area contributed by atoms with Crippen LogP contribution in [0.15, 0.2) is 84.4 Å². The summed E-state index contributed by atoms with van der Waals surface area (Å²) in [7, 11) is 0. The molecule has 0 saturated carbocycles. The second kappa shape index (κ2) is 10.5. The monoisotopic (exact) mass is 536 g/mol. The van der Waals surface area contributed by atoms with Crippen LogP contribution in [0.5, 0.6) is 23.0 Å². The number of ether oxygens (including phenoxy) is 4. The number of benzene rings is 4. The highest BCUT2D eigenvalue weighted by Gasteiger charge is 2.37. The standard InChI is InChI=1S/C31H24N2O7/c1-2-37-27-15-19(8-11-25(27)38-17-20-7-9-21-5-3-4-6-22(21)13-20)14-24-29(34)32-31(36)33(30(24)35)23-10-12-26-28(16-23)40-18-39-26/h3-16H,2,17-18H2,1H3,(H,32,34,36)/b24-14+.